The van der Waals surface area contributed by atoms with Crippen molar-refractivity contribution in [2.75, 3.05) is 11.9 Å². The van der Waals surface area contributed by atoms with Crippen LogP contribution in [0.5, 0.6) is 5.75 Å². The molecule has 2 aromatic carbocycles. The van der Waals surface area contributed by atoms with E-state index in [1.54, 1.807) is 0 Å². The average Bonchev–Trinajstić information content (AvgIpc) is 3.06. The summed E-state index contributed by atoms with van der Waals surface area (Å²) >= 11 is 0. The van der Waals surface area contributed by atoms with E-state index in [4.69, 9.17) is 9.72 Å². The van der Waals surface area contributed by atoms with Crippen molar-refractivity contribution in [3.05, 3.63) is 60.2 Å². The molecule has 0 spiro atoms. The molecule has 1 amide bonds. The van der Waals surface area contributed by atoms with Gasteiger partial charge in [-0.1, -0.05) is 43.2 Å². The topological polar surface area (TPSA) is 69.0 Å². The third kappa shape index (κ3) is 4.21. The van der Waals surface area contributed by atoms with E-state index in [1.165, 1.54) is 5.56 Å². The van der Waals surface area contributed by atoms with E-state index >= 15 is 0 Å². The van der Waals surface area contributed by atoms with Crippen LogP contribution in [0.3, 0.4) is 0 Å². The SMILES string of the molecule is CCCCn1nc(NC(=O)COc2ccccc2)c2cc3cc(C)ccc3nc21. The number of aromatic nitrogens is 3. The number of carbonyl (C=O) groups is 1. The molecule has 0 unspecified atom stereocenters. The van der Waals surface area contributed by atoms with Gasteiger partial charge in [-0.3, -0.25) is 4.79 Å². The quantitative estimate of drug-likeness (QED) is 0.498. The molecule has 0 aliphatic rings. The number of ether oxygens (including phenoxy) is 1. The van der Waals surface area contributed by atoms with Gasteiger partial charge in [0.15, 0.2) is 18.1 Å². The molecule has 4 rings (SSSR count). The molecule has 6 nitrogen and oxygen atoms in total. The summed E-state index contributed by atoms with van der Waals surface area (Å²) in [6.45, 7) is 4.88. The van der Waals surface area contributed by atoms with Gasteiger partial charge in [-0.2, -0.15) is 5.10 Å². The minimum Gasteiger partial charge on any atom is -0.484 e. The van der Waals surface area contributed by atoms with Gasteiger partial charge >= 0.3 is 0 Å². The van der Waals surface area contributed by atoms with Crippen molar-refractivity contribution in [2.45, 2.75) is 33.2 Å². The number of hydrogen-bond donors (Lipinski definition) is 1. The van der Waals surface area contributed by atoms with E-state index in [1.807, 2.05) is 47.1 Å². The second-order valence-electron chi connectivity index (χ2n) is 7.13. The third-order valence-electron chi connectivity index (χ3n) is 4.76. The lowest BCUT2D eigenvalue weighted by Gasteiger charge is -2.06. The van der Waals surface area contributed by atoms with Crippen LogP contribution in [0.1, 0.15) is 25.3 Å². The van der Waals surface area contributed by atoms with E-state index in [0.29, 0.717) is 11.6 Å². The van der Waals surface area contributed by atoms with Gasteiger partial charge < -0.3 is 10.1 Å². The third-order valence-corrected chi connectivity index (χ3v) is 4.76. The highest BCUT2D eigenvalue weighted by Gasteiger charge is 2.16. The van der Waals surface area contributed by atoms with Gasteiger partial charge in [-0.25, -0.2) is 9.67 Å². The maximum absolute atomic E-state index is 12.5. The molecule has 0 radical (unpaired) electrons. The van der Waals surface area contributed by atoms with Crippen molar-refractivity contribution in [1.82, 2.24) is 14.8 Å². The lowest BCUT2D eigenvalue weighted by atomic mass is 10.1. The first-order valence-corrected chi connectivity index (χ1v) is 9.89. The molecule has 0 aliphatic heterocycles. The molecular formula is C23H24N4O2. The van der Waals surface area contributed by atoms with Crippen LogP contribution in [0, 0.1) is 6.92 Å². The molecule has 2 aromatic heterocycles. The Hall–Kier alpha value is -3.41. The number of nitrogens with zero attached hydrogens (tertiary/aromatic N) is 3. The molecular weight excluding hydrogens is 364 g/mol. The first-order valence-electron chi connectivity index (χ1n) is 9.89. The second-order valence-corrected chi connectivity index (χ2v) is 7.13. The largest absolute Gasteiger partial charge is 0.484 e. The minimum absolute atomic E-state index is 0.0759. The molecule has 148 valence electrons. The van der Waals surface area contributed by atoms with E-state index in [-0.39, 0.29) is 12.5 Å². The van der Waals surface area contributed by atoms with Crippen LogP contribution < -0.4 is 10.1 Å². The number of benzene rings is 2. The Bertz CT molecular complexity index is 1150. The summed E-state index contributed by atoms with van der Waals surface area (Å²) in [6, 6.07) is 17.5. The fourth-order valence-corrected chi connectivity index (χ4v) is 3.27. The van der Waals surface area contributed by atoms with E-state index in [9.17, 15) is 4.79 Å². The van der Waals surface area contributed by atoms with E-state index in [0.717, 1.165) is 41.3 Å². The number of fused-ring (bicyclic) bond motifs is 2. The predicted octanol–water partition coefficient (Wildman–Crippen LogP) is 4.71. The summed E-state index contributed by atoms with van der Waals surface area (Å²) in [5.74, 6) is 0.929. The van der Waals surface area contributed by atoms with Crippen LogP contribution in [0.2, 0.25) is 0 Å². The number of nitrogens with one attached hydrogen (secondary N) is 1. The molecule has 0 aliphatic carbocycles. The zero-order valence-electron chi connectivity index (χ0n) is 16.7. The number of anilines is 1. The fraction of sp³-hybridized carbons (Fsp3) is 0.261. The van der Waals surface area contributed by atoms with Crippen LogP contribution in [-0.2, 0) is 11.3 Å². The molecule has 29 heavy (non-hydrogen) atoms. The van der Waals surface area contributed by atoms with Crippen LogP contribution in [0.4, 0.5) is 5.82 Å². The van der Waals surface area contributed by atoms with E-state index < -0.39 is 0 Å². The van der Waals surface area contributed by atoms with Crippen LogP contribution in [0.25, 0.3) is 21.9 Å². The monoisotopic (exact) mass is 388 g/mol. The minimum atomic E-state index is -0.250. The van der Waals surface area contributed by atoms with Crippen LogP contribution >= 0.6 is 0 Å². The molecule has 1 N–H and O–H groups in total. The Kier molecular flexibility index (Phi) is 5.42. The summed E-state index contributed by atoms with van der Waals surface area (Å²) in [5.41, 5.74) is 2.87. The summed E-state index contributed by atoms with van der Waals surface area (Å²) in [7, 11) is 0. The molecule has 4 aromatic rings. The number of rotatable bonds is 7. The lowest BCUT2D eigenvalue weighted by Crippen LogP contribution is -2.20. The van der Waals surface area contributed by atoms with Crippen LogP contribution in [0.15, 0.2) is 54.6 Å². The number of pyridine rings is 1. The molecule has 0 fully saturated rings. The van der Waals surface area contributed by atoms with Gasteiger partial charge in [-0.05, 0) is 43.7 Å². The Labute approximate surface area is 169 Å². The fourth-order valence-electron chi connectivity index (χ4n) is 3.27. The highest BCUT2D eigenvalue weighted by Crippen LogP contribution is 2.27. The Balaban J connectivity index is 1.64. The number of para-hydroxylation sites is 1. The van der Waals surface area contributed by atoms with Crippen molar-refractivity contribution < 1.29 is 9.53 Å². The number of amides is 1. The lowest BCUT2D eigenvalue weighted by molar-refractivity contribution is -0.118. The summed E-state index contributed by atoms with van der Waals surface area (Å²) in [6.07, 6.45) is 2.05. The smallest absolute Gasteiger partial charge is 0.263 e. The average molecular weight is 388 g/mol. The highest BCUT2D eigenvalue weighted by molar-refractivity contribution is 6.03. The summed E-state index contributed by atoms with van der Waals surface area (Å²) < 4.78 is 7.43. The van der Waals surface area contributed by atoms with Crippen molar-refractivity contribution >= 4 is 33.7 Å². The van der Waals surface area contributed by atoms with Gasteiger partial charge in [0.05, 0.1) is 10.9 Å². The Morgan fingerprint density at radius 2 is 1.97 bits per heavy atom. The first kappa shape index (κ1) is 18.9. The first-order chi connectivity index (χ1) is 14.1. The van der Waals surface area contributed by atoms with Gasteiger partial charge in [-0.15, -0.1) is 0 Å². The van der Waals surface area contributed by atoms with E-state index in [2.05, 4.69) is 36.4 Å². The zero-order valence-corrected chi connectivity index (χ0v) is 16.7. The highest BCUT2D eigenvalue weighted by atomic mass is 16.5. The van der Waals surface area contributed by atoms with Gasteiger partial charge in [0.2, 0.25) is 0 Å². The predicted molar refractivity (Wildman–Crippen MR) is 115 cm³/mol. The van der Waals surface area contributed by atoms with Crippen molar-refractivity contribution in [3.63, 3.8) is 0 Å². The summed E-state index contributed by atoms with van der Waals surface area (Å²) in [4.78, 5) is 17.3. The van der Waals surface area contributed by atoms with Gasteiger partial charge in [0, 0.05) is 11.9 Å². The Morgan fingerprint density at radius 1 is 1.14 bits per heavy atom. The van der Waals surface area contributed by atoms with Gasteiger partial charge in [0.25, 0.3) is 5.91 Å². The van der Waals surface area contributed by atoms with Gasteiger partial charge in [0.1, 0.15) is 5.75 Å². The standard InChI is InChI=1S/C23H24N4O2/c1-3-4-12-27-23-19(14-17-13-16(2)10-11-20(17)24-23)22(26-27)25-21(28)15-29-18-8-6-5-7-9-18/h5-11,13-14H,3-4,12,15H2,1-2H3,(H,25,26,28). The molecule has 0 saturated heterocycles. The normalized spacial score (nSPS) is 11.1. The number of unbranched alkanes of at least 4 members (excludes halogenated alkanes) is 1. The molecule has 0 atom stereocenters. The van der Waals surface area contributed by atoms with Crippen molar-refractivity contribution in [3.8, 4) is 5.75 Å². The maximum atomic E-state index is 12.5. The molecule has 0 saturated carbocycles. The Morgan fingerprint density at radius 3 is 2.76 bits per heavy atom. The van der Waals surface area contributed by atoms with Crippen molar-refractivity contribution in [1.29, 1.82) is 0 Å². The molecule has 6 heteroatoms. The molecule has 0 bridgehead atoms. The number of aryl methyl sites for hydroxylation is 2. The maximum Gasteiger partial charge on any atom is 0.263 e. The molecule has 2 heterocycles. The number of hydrogen-bond acceptors (Lipinski definition) is 4. The summed E-state index contributed by atoms with van der Waals surface area (Å²) in [5, 5.41) is 9.40. The zero-order chi connectivity index (χ0) is 20.2. The van der Waals surface area contributed by atoms with Crippen molar-refractivity contribution in [2.24, 2.45) is 0 Å². The number of carbonyl (C=O) groups excluding carboxylic acids is 1. The van der Waals surface area contributed by atoms with Crippen LogP contribution in [-0.4, -0.2) is 27.3 Å². The second kappa shape index (κ2) is 8.31.